The highest BCUT2D eigenvalue weighted by atomic mass is 16.3. The van der Waals surface area contributed by atoms with Crippen LogP contribution in [-0.4, -0.2) is 47.7 Å². The van der Waals surface area contributed by atoms with Gasteiger partial charge in [-0.3, -0.25) is 0 Å². The molecule has 4 nitrogen and oxygen atoms in total. The minimum absolute atomic E-state index is 0.434. The van der Waals surface area contributed by atoms with Crippen LogP contribution in [-0.2, 0) is 0 Å². The second kappa shape index (κ2) is 6.35. The van der Waals surface area contributed by atoms with Gasteiger partial charge in [-0.1, -0.05) is 6.92 Å². The maximum Gasteiger partial charge on any atom is 0.129 e. The van der Waals surface area contributed by atoms with Crippen LogP contribution in [0.15, 0.2) is 18.3 Å². The minimum atomic E-state index is -0.434. The summed E-state index contributed by atoms with van der Waals surface area (Å²) in [6.45, 7) is 7.29. The number of aromatic nitrogens is 1. The Morgan fingerprint density at radius 3 is 2.95 bits per heavy atom. The monoisotopic (exact) mass is 263 g/mol. The number of aliphatic hydroxyl groups is 1. The molecule has 2 rings (SSSR count). The number of hydrogen-bond donors (Lipinski definition) is 1. The Bertz CT molecular complexity index is 408. The molecule has 0 aliphatic carbocycles. The van der Waals surface area contributed by atoms with Crippen LogP contribution in [0.1, 0.15) is 38.4 Å². The van der Waals surface area contributed by atoms with Crippen molar-refractivity contribution in [2.24, 2.45) is 0 Å². The van der Waals surface area contributed by atoms with Gasteiger partial charge < -0.3 is 14.9 Å². The molecule has 1 aromatic heterocycles. The van der Waals surface area contributed by atoms with Gasteiger partial charge in [-0.2, -0.15) is 0 Å². The van der Waals surface area contributed by atoms with Crippen molar-refractivity contribution in [1.82, 2.24) is 9.88 Å². The Labute approximate surface area is 116 Å². The van der Waals surface area contributed by atoms with Crippen LogP contribution < -0.4 is 4.90 Å². The maximum atomic E-state index is 9.71. The molecular formula is C15H25N3O. The van der Waals surface area contributed by atoms with Gasteiger partial charge in [0, 0.05) is 25.3 Å². The van der Waals surface area contributed by atoms with Crippen LogP contribution in [0.2, 0.25) is 0 Å². The lowest BCUT2D eigenvalue weighted by atomic mass is 10.1. The Balaban J connectivity index is 2.24. The first-order valence-corrected chi connectivity index (χ1v) is 7.21. The van der Waals surface area contributed by atoms with E-state index in [0.717, 1.165) is 43.9 Å². The van der Waals surface area contributed by atoms with Crippen molar-refractivity contribution in [1.29, 1.82) is 0 Å². The van der Waals surface area contributed by atoms with Crippen LogP contribution in [0, 0.1) is 0 Å². The molecule has 0 aromatic carbocycles. The molecule has 1 N–H and O–H groups in total. The van der Waals surface area contributed by atoms with Gasteiger partial charge in [0.1, 0.15) is 5.82 Å². The fourth-order valence-electron chi connectivity index (χ4n) is 2.75. The summed E-state index contributed by atoms with van der Waals surface area (Å²) >= 11 is 0. The molecule has 1 fully saturated rings. The van der Waals surface area contributed by atoms with E-state index >= 15 is 0 Å². The highest BCUT2D eigenvalue weighted by Crippen LogP contribution is 2.23. The first kappa shape index (κ1) is 14.3. The van der Waals surface area contributed by atoms with E-state index in [1.54, 1.807) is 13.1 Å². The molecule has 1 saturated heterocycles. The number of hydrogen-bond acceptors (Lipinski definition) is 4. The molecule has 2 heterocycles. The fourth-order valence-corrected chi connectivity index (χ4v) is 2.75. The van der Waals surface area contributed by atoms with E-state index < -0.39 is 6.10 Å². The topological polar surface area (TPSA) is 39.6 Å². The highest BCUT2D eigenvalue weighted by Gasteiger charge is 2.23. The molecule has 1 aliphatic heterocycles. The summed E-state index contributed by atoms with van der Waals surface area (Å²) in [6.07, 6.45) is 3.65. The smallest absolute Gasteiger partial charge is 0.129 e. The summed E-state index contributed by atoms with van der Waals surface area (Å²) in [5, 5.41) is 9.71. The second-order valence-electron chi connectivity index (χ2n) is 5.49. The normalized spacial score (nSPS) is 23.2. The quantitative estimate of drug-likeness (QED) is 0.906. The minimum Gasteiger partial charge on any atom is -0.389 e. The van der Waals surface area contributed by atoms with E-state index in [2.05, 4.69) is 28.8 Å². The molecule has 0 bridgehead atoms. The summed E-state index contributed by atoms with van der Waals surface area (Å²) in [5.41, 5.74) is 0.942. The van der Waals surface area contributed by atoms with E-state index in [9.17, 15) is 5.11 Å². The molecule has 106 valence electrons. The van der Waals surface area contributed by atoms with Crippen LogP contribution in [0.25, 0.3) is 0 Å². The third-order valence-electron chi connectivity index (χ3n) is 3.92. The number of anilines is 1. The average Bonchev–Trinajstić information content (AvgIpc) is 2.60. The lowest BCUT2D eigenvalue weighted by molar-refractivity contribution is 0.199. The summed E-state index contributed by atoms with van der Waals surface area (Å²) < 4.78 is 0. The SMILES string of the molecule is CCC1CN(C)CCCN1c1cc([C@H](C)O)ccn1. The third-order valence-corrected chi connectivity index (χ3v) is 3.92. The standard InChI is InChI=1S/C15H25N3O/c1-4-14-11-17(3)8-5-9-18(14)15-10-13(12(2)19)6-7-16-15/h6-7,10,12,14,19H,4-5,8-9,11H2,1-3H3/t12-,14?/m0/s1. The van der Waals surface area contributed by atoms with E-state index in [4.69, 9.17) is 0 Å². The zero-order valence-electron chi connectivity index (χ0n) is 12.2. The molecule has 1 aromatic rings. The van der Waals surface area contributed by atoms with Gasteiger partial charge >= 0.3 is 0 Å². The van der Waals surface area contributed by atoms with Crippen molar-refractivity contribution < 1.29 is 5.11 Å². The number of pyridine rings is 1. The third kappa shape index (κ3) is 3.45. The van der Waals surface area contributed by atoms with E-state index in [1.807, 2.05) is 12.1 Å². The lowest BCUT2D eigenvalue weighted by Gasteiger charge is -2.31. The molecule has 0 radical (unpaired) electrons. The zero-order chi connectivity index (χ0) is 13.8. The van der Waals surface area contributed by atoms with Gasteiger partial charge in [-0.05, 0) is 51.1 Å². The van der Waals surface area contributed by atoms with Crippen molar-refractivity contribution in [3.63, 3.8) is 0 Å². The molecule has 4 heteroatoms. The first-order valence-electron chi connectivity index (χ1n) is 7.21. The first-order chi connectivity index (χ1) is 9.11. The van der Waals surface area contributed by atoms with Crippen molar-refractivity contribution in [3.05, 3.63) is 23.9 Å². The van der Waals surface area contributed by atoms with Crippen LogP contribution in [0.5, 0.6) is 0 Å². The molecule has 19 heavy (non-hydrogen) atoms. The average molecular weight is 263 g/mol. The number of likely N-dealkylation sites (N-methyl/N-ethyl adjacent to an activating group) is 1. The Kier molecular flexibility index (Phi) is 4.77. The Hall–Kier alpha value is -1.13. The van der Waals surface area contributed by atoms with Crippen molar-refractivity contribution in [2.45, 2.75) is 38.8 Å². The number of nitrogens with zero attached hydrogens (tertiary/aromatic N) is 3. The summed E-state index contributed by atoms with van der Waals surface area (Å²) in [5.74, 6) is 1.00. The largest absolute Gasteiger partial charge is 0.389 e. The molecule has 0 spiro atoms. The van der Waals surface area contributed by atoms with Gasteiger partial charge in [0.15, 0.2) is 0 Å². The molecule has 1 aliphatic rings. The summed E-state index contributed by atoms with van der Waals surface area (Å²) in [6, 6.07) is 4.42. The summed E-state index contributed by atoms with van der Waals surface area (Å²) in [7, 11) is 2.19. The zero-order valence-corrected chi connectivity index (χ0v) is 12.2. The predicted molar refractivity (Wildman–Crippen MR) is 78.4 cm³/mol. The van der Waals surface area contributed by atoms with Crippen LogP contribution in [0.4, 0.5) is 5.82 Å². The van der Waals surface area contributed by atoms with E-state index in [-0.39, 0.29) is 0 Å². The van der Waals surface area contributed by atoms with Crippen molar-refractivity contribution in [2.75, 3.05) is 31.6 Å². The van der Waals surface area contributed by atoms with Crippen LogP contribution >= 0.6 is 0 Å². The molecule has 1 unspecified atom stereocenters. The summed E-state index contributed by atoms with van der Waals surface area (Å²) in [4.78, 5) is 9.30. The Morgan fingerprint density at radius 1 is 1.47 bits per heavy atom. The Morgan fingerprint density at radius 2 is 2.26 bits per heavy atom. The van der Waals surface area contributed by atoms with Crippen molar-refractivity contribution in [3.8, 4) is 0 Å². The van der Waals surface area contributed by atoms with E-state index in [0.29, 0.717) is 6.04 Å². The lowest BCUT2D eigenvalue weighted by Crippen LogP contribution is -2.40. The maximum absolute atomic E-state index is 9.71. The van der Waals surface area contributed by atoms with Gasteiger partial charge in [0.05, 0.1) is 6.10 Å². The van der Waals surface area contributed by atoms with Gasteiger partial charge in [0.25, 0.3) is 0 Å². The highest BCUT2D eigenvalue weighted by molar-refractivity contribution is 5.43. The molecular weight excluding hydrogens is 238 g/mol. The predicted octanol–water partition coefficient (Wildman–Crippen LogP) is 2.06. The van der Waals surface area contributed by atoms with Gasteiger partial charge in [-0.25, -0.2) is 4.98 Å². The van der Waals surface area contributed by atoms with Crippen molar-refractivity contribution >= 4 is 5.82 Å². The van der Waals surface area contributed by atoms with Gasteiger partial charge in [-0.15, -0.1) is 0 Å². The van der Waals surface area contributed by atoms with Gasteiger partial charge in [0.2, 0.25) is 0 Å². The van der Waals surface area contributed by atoms with Crippen LogP contribution in [0.3, 0.4) is 0 Å². The molecule has 0 amide bonds. The fraction of sp³-hybridized carbons (Fsp3) is 0.667. The number of aliphatic hydroxyl groups excluding tert-OH is 1. The molecule has 2 atom stereocenters. The second-order valence-corrected chi connectivity index (χ2v) is 5.49. The molecule has 0 saturated carbocycles. The number of rotatable bonds is 3. The van der Waals surface area contributed by atoms with E-state index in [1.165, 1.54) is 0 Å².